The van der Waals surface area contributed by atoms with Gasteiger partial charge in [0, 0.05) is 12.1 Å². The summed E-state index contributed by atoms with van der Waals surface area (Å²) in [5, 5.41) is 15.2. The van der Waals surface area contributed by atoms with E-state index < -0.39 is 4.92 Å². The number of nitro groups is 1. The van der Waals surface area contributed by atoms with Crippen molar-refractivity contribution in [3.05, 3.63) is 81.7 Å². The van der Waals surface area contributed by atoms with Crippen molar-refractivity contribution in [2.45, 2.75) is 25.3 Å². The van der Waals surface area contributed by atoms with E-state index in [1.807, 2.05) is 48.9 Å². The number of non-ortho nitro benzene ring substituents is 1. The predicted octanol–water partition coefficient (Wildman–Crippen LogP) is 4.23. The van der Waals surface area contributed by atoms with Crippen LogP contribution in [-0.2, 0) is 16.1 Å². The van der Waals surface area contributed by atoms with Gasteiger partial charge in [-0.25, -0.2) is 4.68 Å². The van der Waals surface area contributed by atoms with Gasteiger partial charge in [-0.2, -0.15) is 5.10 Å². The average molecular weight is 397 g/mol. The summed E-state index contributed by atoms with van der Waals surface area (Å²) in [6.07, 6.45) is 0. The van der Waals surface area contributed by atoms with Crippen LogP contribution in [0, 0.1) is 24.0 Å². The van der Waals surface area contributed by atoms with E-state index in [2.05, 4.69) is 5.10 Å². The quantitative estimate of drug-likeness (QED) is 0.257. The summed E-state index contributed by atoms with van der Waals surface area (Å²) >= 11 is 1.39. The summed E-state index contributed by atoms with van der Waals surface area (Å²) in [6, 6.07) is 15.8. The molecule has 0 amide bonds. The van der Waals surface area contributed by atoms with Crippen LogP contribution in [0.25, 0.3) is 5.69 Å². The lowest BCUT2D eigenvalue weighted by Gasteiger charge is -2.06. The van der Waals surface area contributed by atoms with E-state index in [-0.39, 0.29) is 24.0 Å². The number of carbonyl (C=O) groups is 1. The summed E-state index contributed by atoms with van der Waals surface area (Å²) in [7, 11) is 0. The van der Waals surface area contributed by atoms with Crippen LogP contribution < -0.4 is 0 Å². The van der Waals surface area contributed by atoms with Crippen LogP contribution in [0.3, 0.4) is 0 Å². The summed E-state index contributed by atoms with van der Waals surface area (Å²) < 4.78 is 7.13. The molecule has 144 valence electrons. The van der Waals surface area contributed by atoms with Gasteiger partial charge in [0.15, 0.2) is 0 Å². The molecule has 28 heavy (non-hydrogen) atoms. The van der Waals surface area contributed by atoms with Crippen molar-refractivity contribution in [2.75, 3.05) is 5.75 Å². The van der Waals surface area contributed by atoms with Gasteiger partial charge in [0.25, 0.3) is 5.69 Å². The van der Waals surface area contributed by atoms with Crippen molar-refractivity contribution in [2.24, 2.45) is 0 Å². The van der Waals surface area contributed by atoms with Crippen LogP contribution in [-0.4, -0.2) is 26.4 Å². The van der Waals surface area contributed by atoms with Crippen LogP contribution in [0.15, 0.2) is 59.5 Å². The van der Waals surface area contributed by atoms with E-state index in [4.69, 9.17) is 4.74 Å². The smallest absolute Gasteiger partial charge is 0.316 e. The Morgan fingerprint density at radius 2 is 1.82 bits per heavy atom. The molecule has 0 N–H and O–H groups in total. The van der Waals surface area contributed by atoms with E-state index in [0.29, 0.717) is 5.56 Å². The number of rotatable bonds is 7. The van der Waals surface area contributed by atoms with E-state index in [9.17, 15) is 14.9 Å². The monoisotopic (exact) mass is 397 g/mol. The number of ether oxygens (including phenoxy) is 1. The van der Waals surface area contributed by atoms with Crippen LogP contribution in [0.1, 0.15) is 17.0 Å². The third-order valence-electron chi connectivity index (χ3n) is 4.11. The Bertz CT molecular complexity index is 985. The van der Waals surface area contributed by atoms with Crippen LogP contribution in [0.2, 0.25) is 0 Å². The number of nitrogens with zero attached hydrogens (tertiary/aromatic N) is 3. The maximum Gasteiger partial charge on any atom is 0.316 e. The molecule has 1 aromatic heterocycles. The van der Waals surface area contributed by atoms with Crippen LogP contribution >= 0.6 is 11.8 Å². The Hall–Kier alpha value is -3.13. The zero-order valence-electron chi connectivity index (χ0n) is 15.5. The fraction of sp³-hybridized carbons (Fsp3) is 0.200. The van der Waals surface area contributed by atoms with Gasteiger partial charge in [0.2, 0.25) is 0 Å². The molecule has 0 fully saturated rings. The number of aromatic nitrogens is 2. The molecular formula is C20H19N3O4S. The molecule has 0 radical (unpaired) electrons. The van der Waals surface area contributed by atoms with E-state index >= 15 is 0 Å². The van der Waals surface area contributed by atoms with Crippen molar-refractivity contribution in [1.82, 2.24) is 9.78 Å². The molecule has 0 aliphatic carbocycles. The van der Waals surface area contributed by atoms with E-state index in [1.54, 1.807) is 12.1 Å². The Labute approximate surface area is 166 Å². The molecule has 0 aliphatic rings. The highest BCUT2D eigenvalue weighted by Gasteiger charge is 2.15. The highest BCUT2D eigenvalue weighted by atomic mass is 32.2. The number of hydrogen-bond donors (Lipinski definition) is 0. The molecular weight excluding hydrogens is 378 g/mol. The number of carbonyl (C=O) groups excluding carboxylic acids is 1. The van der Waals surface area contributed by atoms with Crippen molar-refractivity contribution in [3.63, 3.8) is 0 Å². The lowest BCUT2D eigenvalue weighted by atomic mass is 10.2. The minimum absolute atomic E-state index is 0.00649. The first-order valence-electron chi connectivity index (χ1n) is 8.59. The first-order valence-corrected chi connectivity index (χ1v) is 9.57. The molecule has 1 heterocycles. The standard InChI is InChI=1S/C20H19N3O4S/c1-14-20(15(2)22(21-14)17-6-4-3-5-7-17)28-13-19(24)27-12-16-8-10-18(11-9-16)23(25)26/h3-11H,12-13H2,1-2H3. The summed E-state index contributed by atoms with van der Waals surface area (Å²) in [4.78, 5) is 23.2. The molecule has 0 saturated heterocycles. The van der Waals surface area contributed by atoms with Crippen molar-refractivity contribution in [1.29, 1.82) is 0 Å². The Morgan fingerprint density at radius 1 is 1.14 bits per heavy atom. The second-order valence-corrected chi connectivity index (χ2v) is 7.11. The fourth-order valence-corrected chi connectivity index (χ4v) is 3.60. The number of thioether (sulfide) groups is 1. The van der Waals surface area contributed by atoms with Gasteiger partial charge in [-0.3, -0.25) is 14.9 Å². The zero-order chi connectivity index (χ0) is 20.1. The van der Waals surface area contributed by atoms with Gasteiger partial charge < -0.3 is 4.74 Å². The Kier molecular flexibility index (Phi) is 6.10. The molecule has 0 saturated carbocycles. The van der Waals surface area contributed by atoms with Crippen LogP contribution in [0.4, 0.5) is 5.69 Å². The number of hydrogen-bond acceptors (Lipinski definition) is 6. The first kappa shape index (κ1) is 19.6. The maximum absolute atomic E-state index is 12.1. The van der Waals surface area contributed by atoms with Gasteiger partial charge in [0.1, 0.15) is 6.61 Å². The lowest BCUT2D eigenvalue weighted by Crippen LogP contribution is -2.07. The molecule has 7 nitrogen and oxygen atoms in total. The molecule has 0 bridgehead atoms. The molecule has 8 heteroatoms. The molecule has 3 aromatic rings. The number of nitro benzene ring substituents is 1. The zero-order valence-corrected chi connectivity index (χ0v) is 16.3. The Morgan fingerprint density at radius 3 is 2.46 bits per heavy atom. The van der Waals surface area contributed by atoms with E-state index in [1.165, 1.54) is 23.9 Å². The molecule has 0 unspecified atom stereocenters. The molecule has 0 aliphatic heterocycles. The molecule has 0 spiro atoms. The van der Waals surface area contributed by atoms with Crippen molar-refractivity contribution < 1.29 is 14.5 Å². The van der Waals surface area contributed by atoms with E-state index in [0.717, 1.165) is 22.0 Å². The average Bonchev–Trinajstić information content (AvgIpc) is 2.99. The van der Waals surface area contributed by atoms with Crippen molar-refractivity contribution in [3.8, 4) is 5.69 Å². The minimum Gasteiger partial charge on any atom is -0.460 e. The second-order valence-electron chi connectivity index (χ2n) is 6.12. The normalized spacial score (nSPS) is 10.6. The second kappa shape index (κ2) is 8.71. The topological polar surface area (TPSA) is 87.3 Å². The van der Waals surface area contributed by atoms with Crippen molar-refractivity contribution >= 4 is 23.4 Å². The minimum atomic E-state index is -0.466. The fourth-order valence-electron chi connectivity index (χ4n) is 2.71. The number of para-hydroxylation sites is 1. The van der Waals surface area contributed by atoms with Gasteiger partial charge in [0.05, 0.1) is 32.6 Å². The highest BCUT2D eigenvalue weighted by molar-refractivity contribution is 8.00. The molecule has 3 rings (SSSR count). The van der Waals surface area contributed by atoms with Gasteiger partial charge in [-0.15, -0.1) is 11.8 Å². The number of aryl methyl sites for hydroxylation is 1. The highest BCUT2D eigenvalue weighted by Crippen LogP contribution is 2.28. The number of benzene rings is 2. The van der Waals surface area contributed by atoms with Gasteiger partial charge in [-0.1, -0.05) is 18.2 Å². The maximum atomic E-state index is 12.1. The summed E-state index contributed by atoms with van der Waals surface area (Å²) in [6.45, 7) is 3.97. The predicted molar refractivity (Wildman–Crippen MR) is 107 cm³/mol. The summed E-state index contributed by atoms with van der Waals surface area (Å²) in [5.74, 6) is -0.190. The van der Waals surface area contributed by atoms with Gasteiger partial charge >= 0.3 is 5.97 Å². The lowest BCUT2D eigenvalue weighted by molar-refractivity contribution is -0.384. The molecule has 0 atom stereocenters. The largest absolute Gasteiger partial charge is 0.460 e. The van der Waals surface area contributed by atoms with Gasteiger partial charge in [-0.05, 0) is 43.7 Å². The SMILES string of the molecule is Cc1nn(-c2ccccc2)c(C)c1SCC(=O)OCc1ccc([N+](=O)[O-])cc1. The third-order valence-corrected chi connectivity index (χ3v) is 5.37. The number of esters is 1. The third kappa shape index (κ3) is 4.58. The first-order chi connectivity index (χ1) is 13.5. The molecule has 2 aromatic carbocycles. The Balaban J connectivity index is 1.57. The summed E-state index contributed by atoms with van der Waals surface area (Å²) in [5.41, 5.74) is 3.50. The van der Waals surface area contributed by atoms with Crippen LogP contribution in [0.5, 0.6) is 0 Å².